The maximum Gasteiger partial charge on any atom is 0.0127 e. The third-order valence-electron chi connectivity index (χ3n) is 4.31. The Balaban J connectivity index is 1.88. The van der Waals surface area contributed by atoms with E-state index >= 15 is 0 Å². The van der Waals surface area contributed by atoms with Crippen molar-refractivity contribution in [3.63, 3.8) is 0 Å². The normalized spacial score (nSPS) is 37.0. The number of nitrogens with zero attached hydrogens (tertiary/aromatic N) is 1. The maximum atomic E-state index is 3.62. The summed E-state index contributed by atoms with van der Waals surface area (Å²) in [5, 5.41) is 3.62. The first-order valence-electron chi connectivity index (χ1n) is 6.58. The van der Waals surface area contributed by atoms with E-state index in [-0.39, 0.29) is 0 Å². The van der Waals surface area contributed by atoms with Crippen molar-refractivity contribution in [3.05, 3.63) is 0 Å². The van der Waals surface area contributed by atoms with Gasteiger partial charge in [0.05, 0.1) is 0 Å². The summed E-state index contributed by atoms with van der Waals surface area (Å²) in [5.41, 5.74) is 0.378. The highest BCUT2D eigenvalue weighted by Crippen LogP contribution is 2.34. The van der Waals surface area contributed by atoms with E-state index in [2.05, 4.69) is 31.0 Å². The topological polar surface area (TPSA) is 15.3 Å². The Kier molecular flexibility index (Phi) is 3.36. The predicted molar refractivity (Wildman–Crippen MR) is 65.0 cm³/mol. The zero-order chi connectivity index (χ0) is 10.9. The Morgan fingerprint density at radius 3 is 2.67 bits per heavy atom. The molecule has 2 atom stereocenters. The molecule has 15 heavy (non-hydrogen) atoms. The number of hydrogen-bond donors (Lipinski definition) is 1. The number of likely N-dealkylation sites (tertiary alicyclic amines) is 1. The van der Waals surface area contributed by atoms with E-state index in [1.54, 1.807) is 0 Å². The number of hydrogen-bond acceptors (Lipinski definition) is 2. The second-order valence-corrected chi connectivity index (χ2v) is 6.01. The average Bonchev–Trinajstić information content (AvgIpc) is 2.64. The summed E-state index contributed by atoms with van der Waals surface area (Å²) in [5.74, 6) is 1.95. The molecule has 0 saturated carbocycles. The molecule has 2 fully saturated rings. The van der Waals surface area contributed by atoms with Gasteiger partial charge in [-0.3, -0.25) is 0 Å². The van der Waals surface area contributed by atoms with Crippen molar-refractivity contribution in [1.29, 1.82) is 0 Å². The summed E-state index contributed by atoms with van der Waals surface area (Å²) in [6.45, 7) is 12.2. The van der Waals surface area contributed by atoms with Crippen LogP contribution in [0.3, 0.4) is 0 Å². The summed E-state index contributed by atoms with van der Waals surface area (Å²) in [6.07, 6.45) is 4.20. The molecular formula is C13H26N2. The molecule has 2 aliphatic rings. The van der Waals surface area contributed by atoms with Crippen molar-refractivity contribution in [2.24, 2.45) is 11.8 Å². The molecule has 88 valence electrons. The molecule has 0 radical (unpaired) electrons. The van der Waals surface area contributed by atoms with Gasteiger partial charge in [0.2, 0.25) is 0 Å². The van der Waals surface area contributed by atoms with E-state index in [1.807, 2.05) is 0 Å². The molecule has 0 aromatic heterocycles. The quantitative estimate of drug-likeness (QED) is 0.751. The summed E-state index contributed by atoms with van der Waals surface area (Å²) in [4.78, 5) is 2.61. The maximum absolute atomic E-state index is 3.62. The van der Waals surface area contributed by atoms with Crippen LogP contribution in [0.2, 0.25) is 0 Å². The Hall–Kier alpha value is -0.0800. The van der Waals surface area contributed by atoms with E-state index in [0.717, 1.165) is 11.8 Å². The largest absolute Gasteiger partial charge is 0.312 e. The second-order valence-electron chi connectivity index (χ2n) is 6.01. The minimum absolute atomic E-state index is 0.378. The Morgan fingerprint density at radius 1 is 1.27 bits per heavy atom. The lowest BCUT2D eigenvalue weighted by Gasteiger charge is -2.39. The molecule has 2 saturated heterocycles. The van der Waals surface area contributed by atoms with Gasteiger partial charge in [0.1, 0.15) is 0 Å². The van der Waals surface area contributed by atoms with Crippen LogP contribution in [0.15, 0.2) is 0 Å². The molecule has 0 amide bonds. The van der Waals surface area contributed by atoms with E-state index in [0.29, 0.717) is 5.54 Å². The van der Waals surface area contributed by atoms with E-state index in [1.165, 1.54) is 45.4 Å². The molecule has 2 unspecified atom stereocenters. The fourth-order valence-electron chi connectivity index (χ4n) is 3.36. The predicted octanol–water partition coefficient (Wildman–Crippen LogP) is 2.11. The van der Waals surface area contributed by atoms with Crippen molar-refractivity contribution in [3.8, 4) is 0 Å². The average molecular weight is 210 g/mol. The van der Waals surface area contributed by atoms with Gasteiger partial charge in [-0.05, 0) is 64.6 Å². The van der Waals surface area contributed by atoms with Gasteiger partial charge in [-0.2, -0.15) is 0 Å². The van der Waals surface area contributed by atoms with Gasteiger partial charge < -0.3 is 10.2 Å². The van der Waals surface area contributed by atoms with Gasteiger partial charge in [0.15, 0.2) is 0 Å². The fourth-order valence-corrected chi connectivity index (χ4v) is 3.36. The molecule has 0 bridgehead atoms. The molecule has 0 aliphatic carbocycles. The summed E-state index contributed by atoms with van der Waals surface area (Å²) in [6, 6.07) is 0. The van der Waals surface area contributed by atoms with Crippen LogP contribution < -0.4 is 5.32 Å². The van der Waals surface area contributed by atoms with Crippen LogP contribution in [0, 0.1) is 11.8 Å². The van der Waals surface area contributed by atoms with E-state index in [9.17, 15) is 0 Å². The van der Waals surface area contributed by atoms with Gasteiger partial charge in [0, 0.05) is 12.1 Å². The zero-order valence-corrected chi connectivity index (χ0v) is 10.6. The molecule has 2 heterocycles. The lowest BCUT2D eigenvalue weighted by atomic mass is 9.77. The van der Waals surface area contributed by atoms with Crippen LogP contribution in [0.4, 0.5) is 0 Å². The molecular weight excluding hydrogens is 184 g/mol. The highest BCUT2D eigenvalue weighted by molar-refractivity contribution is 4.91. The minimum Gasteiger partial charge on any atom is -0.312 e. The third-order valence-corrected chi connectivity index (χ3v) is 4.31. The monoisotopic (exact) mass is 210 g/mol. The molecule has 2 heteroatoms. The van der Waals surface area contributed by atoms with Crippen LogP contribution in [0.25, 0.3) is 0 Å². The molecule has 2 nitrogen and oxygen atoms in total. The highest BCUT2D eigenvalue weighted by atomic mass is 15.1. The van der Waals surface area contributed by atoms with Crippen LogP contribution >= 0.6 is 0 Å². The molecule has 0 aromatic carbocycles. The second kappa shape index (κ2) is 4.42. The first-order chi connectivity index (χ1) is 7.11. The van der Waals surface area contributed by atoms with Crippen molar-refractivity contribution in [2.75, 3.05) is 26.2 Å². The SMILES string of the molecule is CCN1CCC(C2CCNC(C)(C)C2)C1. The summed E-state index contributed by atoms with van der Waals surface area (Å²) < 4.78 is 0. The first-order valence-corrected chi connectivity index (χ1v) is 6.58. The highest BCUT2D eigenvalue weighted by Gasteiger charge is 2.35. The smallest absolute Gasteiger partial charge is 0.0127 e. The van der Waals surface area contributed by atoms with Crippen molar-refractivity contribution >= 4 is 0 Å². The zero-order valence-electron chi connectivity index (χ0n) is 10.6. The van der Waals surface area contributed by atoms with Gasteiger partial charge in [-0.1, -0.05) is 6.92 Å². The lowest BCUT2D eigenvalue weighted by molar-refractivity contribution is 0.172. The Bertz CT molecular complexity index is 213. The molecule has 1 N–H and O–H groups in total. The Morgan fingerprint density at radius 2 is 2.07 bits per heavy atom. The van der Waals surface area contributed by atoms with Crippen LogP contribution in [-0.4, -0.2) is 36.6 Å². The van der Waals surface area contributed by atoms with Crippen molar-refractivity contribution < 1.29 is 0 Å². The lowest BCUT2D eigenvalue weighted by Crippen LogP contribution is -2.47. The first kappa shape index (κ1) is 11.4. The fraction of sp³-hybridized carbons (Fsp3) is 1.00. The van der Waals surface area contributed by atoms with Crippen LogP contribution in [-0.2, 0) is 0 Å². The molecule has 0 aromatic rings. The van der Waals surface area contributed by atoms with E-state index in [4.69, 9.17) is 0 Å². The summed E-state index contributed by atoms with van der Waals surface area (Å²) in [7, 11) is 0. The van der Waals surface area contributed by atoms with Gasteiger partial charge in [-0.15, -0.1) is 0 Å². The van der Waals surface area contributed by atoms with Crippen LogP contribution in [0.5, 0.6) is 0 Å². The van der Waals surface area contributed by atoms with Gasteiger partial charge >= 0.3 is 0 Å². The van der Waals surface area contributed by atoms with Gasteiger partial charge in [-0.25, -0.2) is 0 Å². The number of rotatable bonds is 2. The van der Waals surface area contributed by atoms with Crippen molar-refractivity contribution in [1.82, 2.24) is 10.2 Å². The third kappa shape index (κ3) is 2.73. The minimum atomic E-state index is 0.378. The molecule has 2 rings (SSSR count). The van der Waals surface area contributed by atoms with Crippen molar-refractivity contribution in [2.45, 2.75) is 45.6 Å². The van der Waals surface area contributed by atoms with Crippen LogP contribution in [0.1, 0.15) is 40.0 Å². The Labute approximate surface area is 94.4 Å². The van der Waals surface area contributed by atoms with E-state index < -0.39 is 0 Å². The summed E-state index contributed by atoms with van der Waals surface area (Å²) >= 11 is 0. The van der Waals surface area contributed by atoms with Gasteiger partial charge in [0.25, 0.3) is 0 Å². The molecule has 2 aliphatic heterocycles. The number of nitrogens with one attached hydrogen (secondary N) is 1. The number of piperidine rings is 1. The standard InChI is InChI=1S/C13H26N2/c1-4-15-8-6-12(10-15)11-5-7-14-13(2,3)9-11/h11-12,14H,4-10H2,1-3H3. The molecule has 0 spiro atoms.